The van der Waals surface area contributed by atoms with Crippen LogP contribution in [0.1, 0.15) is 18.1 Å². The molecule has 1 fully saturated rings. The molecule has 134 valence electrons. The van der Waals surface area contributed by atoms with Crippen LogP contribution in [0.2, 0.25) is 0 Å². The van der Waals surface area contributed by atoms with Crippen molar-refractivity contribution >= 4 is 34.9 Å². The molecule has 0 radical (unpaired) electrons. The number of carbonyl (C=O) groups excluding carboxylic acids is 2. The van der Waals surface area contributed by atoms with E-state index in [0.29, 0.717) is 31.2 Å². The number of nitrogens with one attached hydrogen (secondary N) is 1. The second kappa shape index (κ2) is 7.37. The molecule has 3 rings (SSSR count). The maximum absolute atomic E-state index is 12.2. The first-order valence-electron chi connectivity index (χ1n) is 8.21. The van der Waals surface area contributed by atoms with E-state index in [9.17, 15) is 9.59 Å². The summed E-state index contributed by atoms with van der Waals surface area (Å²) in [7, 11) is 0. The molecule has 0 aliphatic carbocycles. The lowest BCUT2D eigenvalue weighted by Gasteiger charge is -2.29. The Morgan fingerprint density at radius 2 is 2.24 bits per heavy atom. The molecule has 2 N–H and O–H groups in total. The van der Waals surface area contributed by atoms with Gasteiger partial charge in [-0.1, -0.05) is 18.3 Å². The number of aliphatic hydroxyl groups is 1. The van der Waals surface area contributed by atoms with E-state index >= 15 is 0 Å². The summed E-state index contributed by atoms with van der Waals surface area (Å²) in [4.78, 5) is 27.8. The van der Waals surface area contributed by atoms with Crippen LogP contribution < -0.4 is 10.2 Å². The Bertz CT molecular complexity index is 709. The Morgan fingerprint density at radius 3 is 2.96 bits per heavy atom. The number of nitrogens with zero attached hydrogens (tertiary/aromatic N) is 2. The van der Waals surface area contributed by atoms with Crippen molar-refractivity contribution in [1.82, 2.24) is 10.2 Å². The minimum Gasteiger partial charge on any atom is -0.442 e. The van der Waals surface area contributed by atoms with Crippen molar-refractivity contribution in [3.8, 4) is 0 Å². The van der Waals surface area contributed by atoms with Gasteiger partial charge in [0, 0.05) is 18.8 Å². The number of anilines is 1. The van der Waals surface area contributed by atoms with E-state index in [0.717, 1.165) is 23.2 Å². The molecular weight excluding hydrogens is 342 g/mol. The number of carbonyl (C=O) groups is 2. The number of ether oxygens (including phenoxy) is 1. The van der Waals surface area contributed by atoms with Crippen LogP contribution in [0.15, 0.2) is 18.2 Å². The number of hydrogen-bond donors (Lipinski definition) is 2. The number of amides is 2. The van der Waals surface area contributed by atoms with Crippen LogP contribution in [-0.2, 0) is 22.5 Å². The van der Waals surface area contributed by atoms with Crippen LogP contribution in [0.5, 0.6) is 0 Å². The third-order valence-electron chi connectivity index (χ3n) is 4.45. The zero-order valence-corrected chi connectivity index (χ0v) is 14.8. The van der Waals surface area contributed by atoms with Crippen molar-refractivity contribution in [1.29, 1.82) is 0 Å². The summed E-state index contributed by atoms with van der Waals surface area (Å²) in [6.07, 6.45) is 0.105. The highest BCUT2D eigenvalue weighted by Crippen LogP contribution is 2.27. The van der Waals surface area contributed by atoms with Gasteiger partial charge in [-0.2, -0.15) is 0 Å². The van der Waals surface area contributed by atoms with Gasteiger partial charge in [0.15, 0.2) is 0 Å². The molecule has 1 aromatic carbocycles. The second-order valence-electron chi connectivity index (χ2n) is 6.23. The SMILES string of the molecule is CC(=S)NC[C@H]1CN(c2ccc3c(c2)CN(C(=O)CO)CC3)C(=O)O1. The molecule has 8 heteroatoms. The topological polar surface area (TPSA) is 82.1 Å². The minimum absolute atomic E-state index is 0.256. The highest BCUT2D eigenvalue weighted by atomic mass is 32.1. The van der Waals surface area contributed by atoms with Gasteiger partial charge in [-0.25, -0.2) is 4.79 Å². The number of aliphatic hydroxyl groups excluding tert-OH is 1. The first-order valence-corrected chi connectivity index (χ1v) is 8.61. The molecule has 7 nitrogen and oxygen atoms in total. The molecule has 0 spiro atoms. The third kappa shape index (κ3) is 3.91. The lowest BCUT2D eigenvalue weighted by molar-refractivity contribution is -0.135. The molecule has 0 unspecified atom stereocenters. The predicted octanol–water partition coefficient (Wildman–Crippen LogP) is 0.826. The standard InChI is InChI=1S/C17H21N3O4S/c1-11(25)18-7-15-9-20(17(23)24-15)14-3-2-12-4-5-19(16(22)10-21)8-13(12)6-14/h2-3,6,15,21H,4-5,7-10H2,1H3,(H,18,25)/t15-/m0/s1. The monoisotopic (exact) mass is 363 g/mol. The van der Waals surface area contributed by atoms with Crippen LogP contribution in [0.4, 0.5) is 10.5 Å². The fraction of sp³-hybridized carbons (Fsp3) is 0.471. The van der Waals surface area contributed by atoms with Gasteiger partial charge < -0.3 is 20.1 Å². The van der Waals surface area contributed by atoms with Crippen molar-refractivity contribution < 1.29 is 19.4 Å². The highest BCUT2D eigenvalue weighted by Gasteiger charge is 2.33. The maximum Gasteiger partial charge on any atom is 0.414 e. The van der Waals surface area contributed by atoms with Crippen LogP contribution in [0.25, 0.3) is 0 Å². The molecule has 0 aromatic heterocycles. The predicted molar refractivity (Wildman–Crippen MR) is 96.5 cm³/mol. The molecule has 2 aliphatic heterocycles. The smallest absolute Gasteiger partial charge is 0.414 e. The molecular formula is C17H21N3O4S. The number of rotatable bonds is 4. The lowest BCUT2D eigenvalue weighted by Crippen LogP contribution is -2.37. The van der Waals surface area contributed by atoms with Gasteiger partial charge in [0.25, 0.3) is 0 Å². The Labute approximate surface area is 151 Å². The van der Waals surface area contributed by atoms with Gasteiger partial charge >= 0.3 is 6.09 Å². The van der Waals surface area contributed by atoms with Crippen molar-refractivity contribution in [3.05, 3.63) is 29.3 Å². The number of fused-ring (bicyclic) bond motifs is 1. The van der Waals surface area contributed by atoms with Crippen LogP contribution in [0.3, 0.4) is 0 Å². The van der Waals surface area contributed by atoms with E-state index < -0.39 is 6.61 Å². The fourth-order valence-corrected chi connectivity index (χ4v) is 3.20. The molecule has 25 heavy (non-hydrogen) atoms. The maximum atomic E-state index is 12.2. The molecule has 2 heterocycles. The summed E-state index contributed by atoms with van der Waals surface area (Å²) in [6.45, 7) is 3.28. The number of thiocarbonyl (C=S) groups is 1. The minimum atomic E-state index is -0.485. The molecule has 2 aliphatic rings. The largest absolute Gasteiger partial charge is 0.442 e. The summed E-state index contributed by atoms with van der Waals surface area (Å²) in [5.41, 5.74) is 2.91. The number of benzene rings is 1. The zero-order valence-electron chi connectivity index (χ0n) is 14.0. The van der Waals surface area contributed by atoms with Crippen molar-refractivity contribution in [3.63, 3.8) is 0 Å². The van der Waals surface area contributed by atoms with Gasteiger partial charge in [0.2, 0.25) is 5.91 Å². The van der Waals surface area contributed by atoms with E-state index in [4.69, 9.17) is 22.1 Å². The Hall–Kier alpha value is -2.19. The van der Waals surface area contributed by atoms with Crippen molar-refractivity contribution in [2.24, 2.45) is 0 Å². The van der Waals surface area contributed by atoms with Crippen molar-refractivity contribution in [2.75, 3.05) is 31.1 Å². The third-order valence-corrected chi connectivity index (χ3v) is 4.60. The van der Waals surface area contributed by atoms with E-state index in [2.05, 4.69) is 5.32 Å². The van der Waals surface area contributed by atoms with Gasteiger partial charge in [-0.3, -0.25) is 9.69 Å². The average molecular weight is 363 g/mol. The van der Waals surface area contributed by atoms with E-state index in [1.165, 1.54) is 0 Å². The van der Waals surface area contributed by atoms with Gasteiger partial charge in [-0.05, 0) is 36.6 Å². The Kier molecular flexibility index (Phi) is 5.19. The molecule has 1 aromatic rings. The summed E-state index contributed by atoms with van der Waals surface area (Å²) in [6, 6.07) is 5.82. The van der Waals surface area contributed by atoms with E-state index in [-0.39, 0.29) is 18.1 Å². The molecule has 1 atom stereocenters. The molecule has 1 saturated heterocycles. The molecule has 0 saturated carbocycles. The lowest BCUT2D eigenvalue weighted by atomic mass is 9.98. The summed E-state index contributed by atoms with van der Waals surface area (Å²) >= 11 is 4.98. The fourth-order valence-electron chi connectivity index (χ4n) is 3.12. The number of hydrogen-bond acceptors (Lipinski definition) is 5. The second-order valence-corrected chi connectivity index (χ2v) is 6.84. The molecule has 0 bridgehead atoms. The van der Waals surface area contributed by atoms with Gasteiger partial charge in [0.1, 0.15) is 12.7 Å². The van der Waals surface area contributed by atoms with E-state index in [1.807, 2.05) is 18.2 Å². The first-order chi connectivity index (χ1) is 12.0. The Morgan fingerprint density at radius 1 is 1.44 bits per heavy atom. The summed E-state index contributed by atoms with van der Waals surface area (Å²) < 4.78 is 5.37. The Balaban J connectivity index is 1.73. The van der Waals surface area contributed by atoms with Crippen LogP contribution >= 0.6 is 12.2 Å². The molecule has 2 amide bonds. The zero-order chi connectivity index (χ0) is 18.0. The van der Waals surface area contributed by atoms with Gasteiger partial charge in [-0.15, -0.1) is 0 Å². The average Bonchev–Trinajstić information content (AvgIpc) is 2.99. The first kappa shape index (κ1) is 17.6. The van der Waals surface area contributed by atoms with E-state index in [1.54, 1.807) is 16.7 Å². The van der Waals surface area contributed by atoms with Crippen LogP contribution in [-0.4, -0.2) is 59.3 Å². The summed E-state index contributed by atoms with van der Waals surface area (Å²) in [5.74, 6) is -0.279. The normalized spacial score (nSPS) is 19.4. The number of cyclic esters (lactones) is 1. The van der Waals surface area contributed by atoms with Crippen molar-refractivity contribution in [2.45, 2.75) is 26.0 Å². The summed E-state index contributed by atoms with van der Waals surface area (Å²) in [5, 5.41) is 12.1. The van der Waals surface area contributed by atoms with Gasteiger partial charge in [0.05, 0.1) is 18.1 Å². The van der Waals surface area contributed by atoms with Crippen LogP contribution in [0, 0.1) is 0 Å². The quantitative estimate of drug-likeness (QED) is 0.771. The highest BCUT2D eigenvalue weighted by molar-refractivity contribution is 7.80.